The van der Waals surface area contributed by atoms with Crippen LogP contribution in [0.4, 0.5) is 8.78 Å². The molecule has 2 aliphatic carbocycles. The fourth-order valence-corrected chi connectivity index (χ4v) is 6.15. The lowest BCUT2D eigenvalue weighted by molar-refractivity contribution is -0.0460. The quantitative estimate of drug-likeness (QED) is 0.510. The number of dihydropyridines is 1. The Hall–Kier alpha value is -3.12. The number of benzene rings is 2. The third-order valence-electron chi connectivity index (χ3n) is 8.42. The number of esters is 1. The molecule has 5 rings (SSSR count). The Morgan fingerprint density at radius 3 is 2.64 bits per heavy atom. The van der Waals surface area contributed by atoms with E-state index in [9.17, 15) is 18.7 Å². The summed E-state index contributed by atoms with van der Waals surface area (Å²) in [4.78, 5) is 17.0. The maximum atomic E-state index is 13.8. The van der Waals surface area contributed by atoms with E-state index in [1.807, 2.05) is 18.3 Å². The zero-order valence-corrected chi connectivity index (χ0v) is 20.7. The first-order chi connectivity index (χ1) is 17.2. The van der Waals surface area contributed by atoms with Gasteiger partial charge in [-0.2, -0.15) is 0 Å². The van der Waals surface area contributed by atoms with Crippen LogP contribution in [0.3, 0.4) is 0 Å². The summed E-state index contributed by atoms with van der Waals surface area (Å²) in [5.74, 6) is -1.30. The number of aliphatic hydroxyl groups is 1. The second-order valence-corrected chi connectivity index (χ2v) is 10.5. The summed E-state index contributed by atoms with van der Waals surface area (Å²) in [7, 11) is 1.28. The van der Waals surface area contributed by atoms with Gasteiger partial charge in [0.1, 0.15) is 11.6 Å². The fourth-order valence-electron chi connectivity index (χ4n) is 6.15. The minimum absolute atomic E-state index is 0.117. The Bertz CT molecular complexity index is 1280. The van der Waals surface area contributed by atoms with E-state index in [2.05, 4.69) is 13.0 Å². The molecule has 0 amide bonds. The van der Waals surface area contributed by atoms with Gasteiger partial charge in [-0.3, -0.25) is 4.99 Å². The monoisotopic (exact) mass is 491 g/mol. The zero-order chi connectivity index (χ0) is 25.5. The van der Waals surface area contributed by atoms with Crippen molar-refractivity contribution in [1.29, 1.82) is 0 Å². The number of aliphatic imine (C=N–C) groups is 1. The number of hydrogen-bond donors (Lipinski definition) is 1. The van der Waals surface area contributed by atoms with E-state index in [4.69, 9.17) is 9.73 Å². The van der Waals surface area contributed by atoms with Crippen molar-refractivity contribution >= 4 is 12.2 Å². The lowest BCUT2D eigenvalue weighted by atomic mass is 9.64. The van der Waals surface area contributed by atoms with Crippen LogP contribution in [-0.2, 0) is 17.6 Å². The van der Waals surface area contributed by atoms with Crippen molar-refractivity contribution in [2.75, 3.05) is 7.11 Å². The molecule has 0 spiro atoms. The molecule has 6 heteroatoms. The predicted molar refractivity (Wildman–Crippen MR) is 135 cm³/mol. The summed E-state index contributed by atoms with van der Waals surface area (Å²) in [5.41, 5.74) is 4.28. The molecule has 0 aromatic heterocycles. The summed E-state index contributed by atoms with van der Waals surface area (Å²) in [5, 5.41) is 11.9. The molecular weight excluding hydrogens is 460 g/mol. The van der Waals surface area contributed by atoms with E-state index in [0.717, 1.165) is 30.4 Å². The molecular formula is C30H31F2NO3. The number of ether oxygens (including phenoxy) is 1. The highest BCUT2D eigenvalue weighted by molar-refractivity contribution is 5.91. The van der Waals surface area contributed by atoms with Crippen molar-refractivity contribution in [3.05, 3.63) is 93.6 Å². The molecule has 3 aliphatic rings. The van der Waals surface area contributed by atoms with Gasteiger partial charge in [0.15, 0.2) is 0 Å². The zero-order valence-electron chi connectivity index (χ0n) is 20.7. The highest BCUT2D eigenvalue weighted by Crippen LogP contribution is 2.58. The molecule has 36 heavy (non-hydrogen) atoms. The lowest BCUT2D eigenvalue weighted by Crippen LogP contribution is -2.44. The minimum Gasteiger partial charge on any atom is -0.465 e. The van der Waals surface area contributed by atoms with Crippen molar-refractivity contribution < 1.29 is 23.4 Å². The summed E-state index contributed by atoms with van der Waals surface area (Å²) >= 11 is 0. The molecule has 1 saturated carbocycles. The molecule has 4 nitrogen and oxygen atoms in total. The number of rotatable bonds is 6. The number of carbonyl (C=O) groups excluding carboxylic acids is 1. The number of nitrogens with zero attached hydrogens (tertiary/aromatic N) is 1. The van der Waals surface area contributed by atoms with Crippen LogP contribution in [0, 0.1) is 17.0 Å². The third-order valence-corrected chi connectivity index (χ3v) is 8.42. The van der Waals surface area contributed by atoms with Crippen LogP contribution in [-0.4, -0.2) is 36.0 Å². The molecule has 0 bridgehead atoms. The number of allylic oxidation sites excluding steroid dienone is 2. The second kappa shape index (κ2) is 9.40. The second-order valence-electron chi connectivity index (χ2n) is 10.5. The maximum absolute atomic E-state index is 13.8. The predicted octanol–water partition coefficient (Wildman–Crippen LogP) is 5.93. The molecule has 1 heterocycles. The first kappa shape index (κ1) is 24.6. The van der Waals surface area contributed by atoms with Crippen molar-refractivity contribution in [3.63, 3.8) is 0 Å². The Labute approximate surface area is 210 Å². The molecule has 2 unspecified atom stereocenters. The summed E-state index contributed by atoms with van der Waals surface area (Å²) in [6.45, 7) is 2.12. The molecule has 3 atom stereocenters. The van der Waals surface area contributed by atoms with Gasteiger partial charge in [-0.25, -0.2) is 13.6 Å². The first-order valence-electron chi connectivity index (χ1n) is 12.5. The average molecular weight is 492 g/mol. The van der Waals surface area contributed by atoms with E-state index in [-0.39, 0.29) is 17.4 Å². The van der Waals surface area contributed by atoms with E-state index in [1.54, 1.807) is 6.07 Å². The van der Waals surface area contributed by atoms with Crippen LogP contribution < -0.4 is 0 Å². The number of methoxy groups -OCH3 is 1. The van der Waals surface area contributed by atoms with Crippen LogP contribution in [0.25, 0.3) is 0 Å². The van der Waals surface area contributed by atoms with Gasteiger partial charge in [-0.05, 0) is 91.5 Å². The topological polar surface area (TPSA) is 58.9 Å². The Morgan fingerprint density at radius 2 is 1.89 bits per heavy atom. The van der Waals surface area contributed by atoms with Crippen LogP contribution >= 0.6 is 0 Å². The molecule has 2 aromatic rings. The van der Waals surface area contributed by atoms with Crippen molar-refractivity contribution in [2.24, 2.45) is 10.4 Å². The van der Waals surface area contributed by atoms with Crippen molar-refractivity contribution in [1.82, 2.24) is 0 Å². The average Bonchev–Trinajstić information content (AvgIpc) is 3.12. The maximum Gasteiger partial charge on any atom is 0.338 e. The van der Waals surface area contributed by atoms with Crippen LogP contribution in [0.1, 0.15) is 60.5 Å². The molecule has 2 aromatic carbocycles. The molecule has 188 valence electrons. The van der Waals surface area contributed by atoms with Gasteiger partial charge in [-0.15, -0.1) is 0 Å². The summed E-state index contributed by atoms with van der Waals surface area (Å²) < 4.78 is 31.8. The number of carbonyl (C=O) groups is 1. The molecule has 0 radical (unpaired) electrons. The van der Waals surface area contributed by atoms with E-state index in [1.165, 1.54) is 42.5 Å². The van der Waals surface area contributed by atoms with Crippen LogP contribution in [0.15, 0.2) is 70.3 Å². The Morgan fingerprint density at radius 1 is 1.14 bits per heavy atom. The van der Waals surface area contributed by atoms with Gasteiger partial charge in [0.25, 0.3) is 0 Å². The van der Waals surface area contributed by atoms with Gasteiger partial charge in [0, 0.05) is 11.6 Å². The third kappa shape index (κ3) is 4.43. The molecule has 1 fully saturated rings. The SMILES string of the molecule is COC(=O)c1cc(F)ccc1CC[C@]1(O)CCC2=CC3=C(C=NC(Cc4ccc(F)cc4)C3)CC21C. The molecule has 0 saturated heterocycles. The van der Waals surface area contributed by atoms with Gasteiger partial charge in [0.2, 0.25) is 0 Å². The molecule has 1 aliphatic heterocycles. The minimum atomic E-state index is -0.946. The normalized spacial score (nSPS) is 26.9. The van der Waals surface area contributed by atoms with E-state index in [0.29, 0.717) is 31.2 Å². The van der Waals surface area contributed by atoms with E-state index < -0.39 is 22.8 Å². The van der Waals surface area contributed by atoms with Crippen molar-refractivity contribution in [2.45, 2.75) is 63.5 Å². The van der Waals surface area contributed by atoms with Gasteiger partial charge < -0.3 is 9.84 Å². The van der Waals surface area contributed by atoms with Gasteiger partial charge >= 0.3 is 5.97 Å². The van der Waals surface area contributed by atoms with Crippen molar-refractivity contribution in [3.8, 4) is 0 Å². The lowest BCUT2D eigenvalue weighted by Gasteiger charge is -2.44. The smallest absolute Gasteiger partial charge is 0.338 e. The van der Waals surface area contributed by atoms with Crippen LogP contribution in [0.2, 0.25) is 0 Å². The standard InChI is InChI=1S/C30H31F2NO3/c1-29-17-22-18-33-26(13-19-3-6-24(31)7-4-19)15-21(22)14-23(29)10-12-30(29,35)11-9-20-5-8-25(32)16-27(20)28(34)36-2/h3-8,14,16,18,26,35H,9-13,15,17H2,1-2H3/t26?,29?,30-/m0/s1. The number of halogens is 2. The summed E-state index contributed by atoms with van der Waals surface area (Å²) in [6.07, 6.45) is 8.89. The Kier molecular flexibility index (Phi) is 6.41. The number of aryl methyl sites for hydroxylation is 1. The highest BCUT2D eigenvalue weighted by atomic mass is 19.1. The van der Waals surface area contributed by atoms with Crippen LogP contribution in [0.5, 0.6) is 0 Å². The molecule has 1 N–H and O–H groups in total. The first-order valence-corrected chi connectivity index (χ1v) is 12.5. The van der Waals surface area contributed by atoms with Gasteiger partial charge in [-0.1, -0.05) is 36.8 Å². The Balaban J connectivity index is 1.31. The summed E-state index contributed by atoms with van der Waals surface area (Å²) in [6, 6.07) is 10.9. The number of hydrogen-bond acceptors (Lipinski definition) is 4. The van der Waals surface area contributed by atoms with E-state index >= 15 is 0 Å². The fraction of sp³-hybridized carbons (Fsp3) is 0.400. The highest BCUT2D eigenvalue weighted by Gasteiger charge is 2.54. The largest absolute Gasteiger partial charge is 0.465 e. The van der Waals surface area contributed by atoms with Gasteiger partial charge in [0.05, 0.1) is 24.3 Å². The number of fused-ring (bicyclic) bond motifs is 1.